The maximum Gasteiger partial charge on any atom is 0.482 e. The van der Waals surface area contributed by atoms with Gasteiger partial charge in [0.1, 0.15) is 0 Å². The third-order valence-corrected chi connectivity index (χ3v) is 0.795. The normalized spacial score (nSPS) is 13.0. The van der Waals surface area contributed by atoms with Gasteiger partial charge in [-0.1, -0.05) is 0 Å². The van der Waals surface area contributed by atoms with Crippen LogP contribution in [0.1, 0.15) is 27.2 Å². The standard InChI is InChI=1S/C6H14O2.BH2O2/c1-5(7)4-6(2,3)8;2-1-3/h5,7-8H,4H2,1-3H3;2-3H. The Labute approximate surface area is 67.8 Å². The van der Waals surface area contributed by atoms with Crippen molar-refractivity contribution in [1.82, 2.24) is 0 Å². The van der Waals surface area contributed by atoms with Crippen LogP contribution in [0.4, 0.5) is 0 Å². The molecule has 0 aromatic heterocycles. The number of rotatable bonds is 2. The van der Waals surface area contributed by atoms with Gasteiger partial charge in [-0.05, 0) is 20.8 Å². The average molecular weight is 163 g/mol. The summed E-state index contributed by atoms with van der Waals surface area (Å²) in [6, 6.07) is 0. The summed E-state index contributed by atoms with van der Waals surface area (Å²) in [6.07, 6.45) is 0.0301. The zero-order valence-electron chi connectivity index (χ0n) is 7.15. The van der Waals surface area contributed by atoms with Gasteiger partial charge in [-0.15, -0.1) is 0 Å². The van der Waals surface area contributed by atoms with Crippen molar-refractivity contribution in [3.8, 4) is 0 Å². The van der Waals surface area contributed by atoms with Gasteiger partial charge in [0, 0.05) is 6.42 Å². The molecule has 1 unspecified atom stereocenters. The molecule has 0 rings (SSSR count). The van der Waals surface area contributed by atoms with Gasteiger partial charge in [-0.2, -0.15) is 0 Å². The van der Waals surface area contributed by atoms with Crippen LogP contribution >= 0.6 is 0 Å². The van der Waals surface area contributed by atoms with Crippen molar-refractivity contribution < 1.29 is 20.3 Å². The Balaban J connectivity index is 0. The zero-order valence-corrected chi connectivity index (χ0v) is 7.15. The maximum absolute atomic E-state index is 9.03. The van der Waals surface area contributed by atoms with Gasteiger partial charge in [0.15, 0.2) is 0 Å². The highest BCUT2D eigenvalue weighted by Gasteiger charge is 2.14. The molecule has 0 amide bonds. The summed E-state index contributed by atoms with van der Waals surface area (Å²) in [5.74, 6) is 0. The van der Waals surface area contributed by atoms with Crippen LogP contribution in [0, 0.1) is 0 Å². The van der Waals surface area contributed by atoms with E-state index in [1.54, 1.807) is 20.8 Å². The lowest BCUT2D eigenvalue weighted by molar-refractivity contribution is 0.0249. The van der Waals surface area contributed by atoms with Crippen molar-refractivity contribution in [1.29, 1.82) is 0 Å². The fourth-order valence-electron chi connectivity index (χ4n) is 0.723. The summed E-state index contributed by atoms with van der Waals surface area (Å²) < 4.78 is 0. The van der Waals surface area contributed by atoms with E-state index < -0.39 is 11.7 Å². The minimum absolute atomic E-state index is 0. The van der Waals surface area contributed by atoms with E-state index in [1.165, 1.54) is 0 Å². The molecule has 0 aliphatic rings. The summed E-state index contributed by atoms with van der Waals surface area (Å²) in [7, 11) is 0. The lowest BCUT2D eigenvalue weighted by Gasteiger charge is -2.17. The summed E-state index contributed by atoms with van der Waals surface area (Å²) >= 11 is 0. The molecule has 0 aromatic rings. The Bertz CT molecular complexity index is 79.1. The first-order valence-electron chi connectivity index (χ1n) is 3.34. The van der Waals surface area contributed by atoms with Gasteiger partial charge in [0.25, 0.3) is 0 Å². The molecule has 0 spiro atoms. The second kappa shape index (κ2) is 6.60. The first kappa shape index (κ1) is 13.5. The molecule has 1 radical (unpaired) electrons. The smallest absolute Gasteiger partial charge is 0.429 e. The molecule has 4 nitrogen and oxygen atoms in total. The van der Waals surface area contributed by atoms with Crippen molar-refractivity contribution in [2.24, 2.45) is 0 Å². The number of hydrogen-bond donors (Lipinski definition) is 4. The Hall–Kier alpha value is -0.0951. The van der Waals surface area contributed by atoms with Crippen molar-refractivity contribution in [3.05, 3.63) is 0 Å². The minimum Gasteiger partial charge on any atom is -0.429 e. The van der Waals surface area contributed by atoms with Crippen molar-refractivity contribution in [2.45, 2.75) is 38.9 Å². The Kier molecular flexibility index (Phi) is 8.10. The van der Waals surface area contributed by atoms with Gasteiger partial charge in [0.05, 0.1) is 11.7 Å². The molecule has 1 atom stereocenters. The average Bonchev–Trinajstić information content (AvgIpc) is 1.57. The number of hydrogen-bond acceptors (Lipinski definition) is 4. The molecule has 67 valence electrons. The van der Waals surface area contributed by atoms with Crippen LogP contribution in [0.2, 0.25) is 0 Å². The molecule has 4 N–H and O–H groups in total. The third-order valence-electron chi connectivity index (χ3n) is 0.795. The lowest BCUT2D eigenvalue weighted by atomic mass is 10.0. The lowest BCUT2D eigenvalue weighted by Crippen LogP contribution is -2.24. The van der Waals surface area contributed by atoms with Crippen LogP contribution in [0.15, 0.2) is 0 Å². The maximum atomic E-state index is 9.03. The van der Waals surface area contributed by atoms with Gasteiger partial charge in [-0.25, -0.2) is 0 Å². The summed E-state index contributed by atoms with van der Waals surface area (Å²) in [5.41, 5.74) is -0.728. The molecular weight excluding hydrogens is 147 g/mol. The molecule has 0 aliphatic carbocycles. The number of aliphatic hydroxyl groups is 2. The largest absolute Gasteiger partial charge is 0.482 e. The van der Waals surface area contributed by atoms with E-state index in [-0.39, 0.29) is 7.69 Å². The van der Waals surface area contributed by atoms with E-state index in [2.05, 4.69) is 0 Å². The van der Waals surface area contributed by atoms with Crippen LogP contribution in [0.5, 0.6) is 0 Å². The Morgan fingerprint density at radius 3 is 1.64 bits per heavy atom. The topological polar surface area (TPSA) is 80.9 Å². The second-order valence-corrected chi connectivity index (χ2v) is 2.98. The molecule has 0 bridgehead atoms. The van der Waals surface area contributed by atoms with Crippen molar-refractivity contribution >= 4 is 7.69 Å². The molecule has 5 heteroatoms. The van der Waals surface area contributed by atoms with Crippen LogP contribution in [-0.4, -0.2) is 39.7 Å². The second-order valence-electron chi connectivity index (χ2n) is 2.98. The SMILES string of the molecule is CC(O)CC(C)(C)O.O[B]O. The first-order chi connectivity index (χ1) is 4.83. The van der Waals surface area contributed by atoms with Gasteiger partial charge in [0.2, 0.25) is 0 Å². The van der Waals surface area contributed by atoms with Crippen LogP contribution in [-0.2, 0) is 0 Å². The van der Waals surface area contributed by atoms with E-state index in [1.807, 2.05) is 0 Å². The molecule has 0 aliphatic heterocycles. The monoisotopic (exact) mass is 163 g/mol. The van der Waals surface area contributed by atoms with Gasteiger partial charge >= 0.3 is 7.69 Å². The molecule has 0 saturated heterocycles. The molecule has 0 heterocycles. The quantitative estimate of drug-likeness (QED) is 0.395. The van der Waals surface area contributed by atoms with Crippen LogP contribution < -0.4 is 0 Å². The predicted octanol–water partition coefficient (Wildman–Crippen LogP) is -0.967. The van der Waals surface area contributed by atoms with Crippen molar-refractivity contribution in [3.63, 3.8) is 0 Å². The molecule has 11 heavy (non-hydrogen) atoms. The fourth-order valence-corrected chi connectivity index (χ4v) is 0.723. The summed E-state index contributed by atoms with van der Waals surface area (Å²) in [5, 5.41) is 31.8. The zero-order chi connectivity index (χ0) is 9.49. The van der Waals surface area contributed by atoms with E-state index in [9.17, 15) is 0 Å². The fraction of sp³-hybridized carbons (Fsp3) is 1.00. The van der Waals surface area contributed by atoms with E-state index >= 15 is 0 Å². The molecule has 0 aromatic carbocycles. The molecule has 0 saturated carbocycles. The summed E-state index contributed by atoms with van der Waals surface area (Å²) in [6.45, 7) is 5.03. The first-order valence-corrected chi connectivity index (χ1v) is 3.34. The minimum atomic E-state index is -0.728. The van der Waals surface area contributed by atoms with E-state index in [0.717, 1.165) is 0 Å². The highest BCUT2D eigenvalue weighted by Crippen LogP contribution is 2.09. The Morgan fingerprint density at radius 2 is 1.64 bits per heavy atom. The molecular formula is C6H16BO4. The molecule has 0 fully saturated rings. The van der Waals surface area contributed by atoms with Crippen LogP contribution in [0.3, 0.4) is 0 Å². The van der Waals surface area contributed by atoms with Gasteiger partial charge < -0.3 is 20.3 Å². The predicted molar refractivity (Wildman–Crippen MR) is 42.8 cm³/mol. The highest BCUT2D eigenvalue weighted by atomic mass is 16.4. The van der Waals surface area contributed by atoms with Gasteiger partial charge in [-0.3, -0.25) is 0 Å². The van der Waals surface area contributed by atoms with E-state index in [4.69, 9.17) is 20.3 Å². The Morgan fingerprint density at radius 1 is 1.36 bits per heavy atom. The summed E-state index contributed by atoms with van der Waals surface area (Å²) in [4.78, 5) is 0. The van der Waals surface area contributed by atoms with E-state index in [0.29, 0.717) is 6.42 Å². The van der Waals surface area contributed by atoms with Crippen molar-refractivity contribution in [2.75, 3.05) is 0 Å². The van der Waals surface area contributed by atoms with Crippen LogP contribution in [0.25, 0.3) is 0 Å². The third kappa shape index (κ3) is 25.7. The number of aliphatic hydroxyl groups excluding tert-OH is 1. The highest BCUT2D eigenvalue weighted by molar-refractivity contribution is 6.13.